The van der Waals surface area contributed by atoms with E-state index in [1.807, 2.05) is 17.7 Å². The van der Waals surface area contributed by atoms with Gasteiger partial charge in [0.15, 0.2) is 0 Å². The van der Waals surface area contributed by atoms with Crippen LogP contribution in [0.25, 0.3) is 0 Å². The molecule has 84 valence electrons. The van der Waals surface area contributed by atoms with Gasteiger partial charge in [-0.05, 0) is 13.0 Å². The average molecular weight is 220 g/mol. The van der Waals surface area contributed by atoms with E-state index < -0.39 is 5.95 Å². The lowest BCUT2D eigenvalue weighted by Gasteiger charge is -2.15. The van der Waals surface area contributed by atoms with E-state index in [-0.39, 0.29) is 6.04 Å². The Kier molecular flexibility index (Phi) is 3.14. The summed E-state index contributed by atoms with van der Waals surface area (Å²) in [4.78, 5) is 7.46. The van der Waals surface area contributed by atoms with E-state index in [9.17, 15) is 4.39 Å². The van der Waals surface area contributed by atoms with E-state index in [0.29, 0.717) is 0 Å². The van der Waals surface area contributed by atoms with Crippen LogP contribution in [0, 0.1) is 5.95 Å². The molecule has 0 saturated heterocycles. The molecule has 0 amide bonds. The summed E-state index contributed by atoms with van der Waals surface area (Å²) in [6.07, 6.45) is 6.83. The number of hydrogen-bond donors (Lipinski definition) is 1. The van der Waals surface area contributed by atoms with E-state index >= 15 is 0 Å². The van der Waals surface area contributed by atoms with Gasteiger partial charge in [-0.15, -0.1) is 0 Å². The van der Waals surface area contributed by atoms with Gasteiger partial charge >= 0.3 is 0 Å². The minimum atomic E-state index is -0.472. The number of hydrogen-bond acceptors (Lipinski definition) is 3. The first kappa shape index (κ1) is 10.6. The highest BCUT2D eigenvalue weighted by Crippen LogP contribution is 2.09. The number of nitrogens with one attached hydrogen (secondary N) is 1. The van der Waals surface area contributed by atoms with Crippen LogP contribution in [0.4, 0.5) is 10.1 Å². The third-order valence-corrected chi connectivity index (χ3v) is 2.18. The molecule has 0 saturated carbocycles. The largest absolute Gasteiger partial charge is 0.381 e. The quantitative estimate of drug-likeness (QED) is 0.800. The summed E-state index contributed by atoms with van der Waals surface area (Å²) >= 11 is 0. The number of nitrogens with zero attached hydrogens (tertiary/aromatic N) is 3. The highest BCUT2D eigenvalue weighted by atomic mass is 19.1. The number of imidazole rings is 1. The SMILES string of the molecule is CC(Cn1ccnc1)Nc1ccnc(F)c1. The second kappa shape index (κ2) is 4.74. The molecule has 0 radical (unpaired) electrons. The van der Waals surface area contributed by atoms with Crippen molar-refractivity contribution < 1.29 is 4.39 Å². The highest BCUT2D eigenvalue weighted by molar-refractivity contribution is 5.41. The van der Waals surface area contributed by atoms with Crippen LogP contribution in [-0.2, 0) is 6.54 Å². The van der Waals surface area contributed by atoms with Crippen molar-refractivity contribution in [1.29, 1.82) is 0 Å². The monoisotopic (exact) mass is 220 g/mol. The maximum Gasteiger partial charge on any atom is 0.214 e. The summed E-state index contributed by atoms with van der Waals surface area (Å²) in [7, 11) is 0. The Balaban J connectivity index is 1.94. The molecule has 16 heavy (non-hydrogen) atoms. The number of pyridine rings is 1. The Labute approximate surface area is 93.2 Å². The van der Waals surface area contributed by atoms with Crippen LogP contribution in [0.3, 0.4) is 0 Å². The molecule has 4 nitrogen and oxygen atoms in total. The first-order chi connectivity index (χ1) is 7.74. The fraction of sp³-hybridized carbons (Fsp3) is 0.273. The Morgan fingerprint density at radius 2 is 2.38 bits per heavy atom. The molecule has 5 heteroatoms. The van der Waals surface area contributed by atoms with Gasteiger partial charge in [-0.25, -0.2) is 9.97 Å². The second-order valence-electron chi connectivity index (χ2n) is 3.67. The third kappa shape index (κ3) is 2.79. The van der Waals surface area contributed by atoms with Crippen LogP contribution in [0.1, 0.15) is 6.92 Å². The van der Waals surface area contributed by atoms with Crippen LogP contribution >= 0.6 is 0 Å². The molecule has 0 bridgehead atoms. The average Bonchev–Trinajstić information content (AvgIpc) is 2.70. The normalized spacial score (nSPS) is 12.4. The summed E-state index contributed by atoms with van der Waals surface area (Å²) in [5.74, 6) is -0.472. The van der Waals surface area contributed by atoms with E-state index in [1.165, 1.54) is 12.3 Å². The van der Waals surface area contributed by atoms with Crippen molar-refractivity contribution >= 4 is 5.69 Å². The van der Waals surface area contributed by atoms with Gasteiger partial charge in [-0.3, -0.25) is 0 Å². The van der Waals surface area contributed by atoms with Gasteiger partial charge in [0, 0.05) is 42.9 Å². The summed E-state index contributed by atoms with van der Waals surface area (Å²) in [6, 6.07) is 3.31. The maximum atomic E-state index is 12.8. The van der Waals surface area contributed by atoms with Gasteiger partial charge < -0.3 is 9.88 Å². The molecule has 1 N–H and O–H groups in total. The third-order valence-electron chi connectivity index (χ3n) is 2.18. The molecule has 1 unspecified atom stereocenters. The first-order valence-corrected chi connectivity index (χ1v) is 5.08. The molecule has 0 aliphatic rings. The molecule has 2 aromatic rings. The lowest BCUT2D eigenvalue weighted by molar-refractivity contribution is 0.582. The zero-order valence-electron chi connectivity index (χ0n) is 8.97. The number of anilines is 1. The van der Waals surface area contributed by atoms with Gasteiger partial charge in [-0.2, -0.15) is 4.39 Å². The molecular weight excluding hydrogens is 207 g/mol. The summed E-state index contributed by atoms with van der Waals surface area (Å²) < 4.78 is 14.8. The predicted molar refractivity (Wildman–Crippen MR) is 59.5 cm³/mol. The van der Waals surface area contributed by atoms with Crippen molar-refractivity contribution in [2.24, 2.45) is 0 Å². The molecule has 2 aromatic heterocycles. The number of halogens is 1. The number of aromatic nitrogens is 3. The molecule has 0 aliphatic carbocycles. The molecule has 0 aliphatic heterocycles. The molecule has 0 fully saturated rings. The van der Waals surface area contributed by atoms with Crippen molar-refractivity contribution in [1.82, 2.24) is 14.5 Å². The van der Waals surface area contributed by atoms with Crippen molar-refractivity contribution in [2.45, 2.75) is 19.5 Å². The minimum absolute atomic E-state index is 0.191. The van der Waals surface area contributed by atoms with Crippen LogP contribution in [0.5, 0.6) is 0 Å². The molecule has 2 rings (SSSR count). The van der Waals surface area contributed by atoms with Gasteiger partial charge in [-0.1, -0.05) is 0 Å². The minimum Gasteiger partial charge on any atom is -0.381 e. The van der Waals surface area contributed by atoms with Gasteiger partial charge in [0.25, 0.3) is 0 Å². The molecule has 1 atom stereocenters. The fourth-order valence-electron chi connectivity index (χ4n) is 1.53. The first-order valence-electron chi connectivity index (χ1n) is 5.08. The van der Waals surface area contributed by atoms with Crippen molar-refractivity contribution in [2.75, 3.05) is 5.32 Å². The van der Waals surface area contributed by atoms with Gasteiger partial charge in [0.2, 0.25) is 5.95 Å². The molecule has 0 spiro atoms. The Morgan fingerprint density at radius 3 is 3.06 bits per heavy atom. The van der Waals surface area contributed by atoms with Crippen LogP contribution in [-0.4, -0.2) is 20.6 Å². The highest BCUT2D eigenvalue weighted by Gasteiger charge is 2.03. The van der Waals surface area contributed by atoms with E-state index in [4.69, 9.17) is 0 Å². The molecular formula is C11H13FN4. The van der Waals surface area contributed by atoms with Crippen LogP contribution in [0.2, 0.25) is 0 Å². The Bertz CT molecular complexity index is 441. The zero-order chi connectivity index (χ0) is 11.4. The van der Waals surface area contributed by atoms with Gasteiger partial charge in [0.1, 0.15) is 0 Å². The van der Waals surface area contributed by atoms with Crippen molar-refractivity contribution in [3.8, 4) is 0 Å². The van der Waals surface area contributed by atoms with Crippen molar-refractivity contribution in [3.05, 3.63) is 43.0 Å². The van der Waals surface area contributed by atoms with Crippen LogP contribution < -0.4 is 5.32 Å². The van der Waals surface area contributed by atoms with Crippen LogP contribution in [0.15, 0.2) is 37.1 Å². The zero-order valence-corrected chi connectivity index (χ0v) is 8.97. The van der Waals surface area contributed by atoms with E-state index in [2.05, 4.69) is 15.3 Å². The summed E-state index contributed by atoms with van der Waals surface area (Å²) in [5.41, 5.74) is 0.736. The summed E-state index contributed by atoms with van der Waals surface area (Å²) in [5, 5.41) is 3.19. The van der Waals surface area contributed by atoms with Gasteiger partial charge in [0.05, 0.1) is 6.33 Å². The predicted octanol–water partition coefficient (Wildman–Crippen LogP) is 1.92. The van der Waals surface area contributed by atoms with E-state index in [1.54, 1.807) is 18.6 Å². The lowest BCUT2D eigenvalue weighted by atomic mass is 10.3. The smallest absolute Gasteiger partial charge is 0.214 e. The maximum absolute atomic E-state index is 12.8. The fourth-order valence-corrected chi connectivity index (χ4v) is 1.53. The number of rotatable bonds is 4. The van der Waals surface area contributed by atoms with E-state index in [0.717, 1.165) is 12.2 Å². The standard InChI is InChI=1S/C11H13FN4/c1-9(7-16-5-4-13-8-16)15-10-2-3-14-11(12)6-10/h2-6,8-9H,7H2,1H3,(H,14,15). The lowest BCUT2D eigenvalue weighted by Crippen LogP contribution is -2.21. The Morgan fingerprint density at radius 1 is 1.50 bits per heavy atom. The topological polar surface area (TPSA) is 42.7 Å². The summed E-state index contributed by atoms with van der Waals surface area (Å²) in [6.45, 7) is 2.81. The molecule has 2 heterocycles. The Hall–Kier alpha value is -1.91. The molecule has 0 aromatic carbocycles. The van der Waals surface area contributed by atoms with Crippen molar-refractivity contribution in [3.63, 3.8) is 0 Å². The second-order valence-corrected chi connectivity index (χ2v) is 3.67.